The van der Waals surface area contributed by atoms with Gasteiger partial charge in [-0.15, -0.1) is 0 Å². The van der Waals surface area contributed by atoms with Crippen molar-refractivity contribution in [3.63, 3.8) is 0 Å². The molecule has 0 aliphatic carbocycles. The molecule has 0 amide bonds. The molecule has 0 radical (unpaired) electrons. The third-order valence-electron chi connectivity index (χ3n) is 10.6. The zero-order chi connectivity index (χ0) is 34.2. The molecule has 0 atom stereocenters. The van der Waals surface area contributed by atoms with E-state index in [4.69, 9.17) is 0 Å². The van der Waals surface area contributed by atoms with Crippen molar-refractivity contribution < 1.29 is 0 Å². The first-order valence-corrected chi connectivity index (χ1v) is 17.8. The Morgan fingerprint density at radius 3 is 1.60 bits per heavy atom. The fourth-order valence-corrected chi connectivity index (χ4v) is 8.36. The van der Waals surface area contributed by atoms with Gasteiger partial charge in [0.1, 0.15) is 0 Å². The molecule has 11 rings (SSSR count). The van der Waals surface area contributed by atoms with Crippen molar-refractivity contribution in [2.45, 2.75) is 0 Å². The van der Waals surface area contributed by atoms with Crippen molar-refractivity contribution in [1.82, 2.24) is 9.55 Å². The molecule has 0 bridgehead atoms. The Morgan fingerprint density at radius 1 is 0.346 bits per heavy atom. The lowest BCUT2D eigenvalue weighted by Crippen LogP contribution is -2.25. The quantitative estimate of drug-likeness (QED) is 0.203. The van der Waals surface area contributed by atoms with Crippen molar-refractivity contribution in [3.05, 3.63) is 188 Å². The van der Waals surface area contributed by atoms with E-state index in [1.807, 2.05) is 0 Å². The van der Waals surface area contributed by atoms with Crippen molar-refractivity contribution in [3.8, 4) is 16.8 Å². The van der Waals surface area contributed by atoms with Gasteiger partial charge >= 0.3 is 0 Å². The number of para-hydroxylation sites is 4. The summed E-state index contributed by atoms with van der Waals surface area (Å²) < 4.78 is 2.46. The lowest BCUT2D eigenvalue weighted by molar-refractivity contribution is 1.14. The highest BCUT2D eigenvalue weighted by atomic mass is 15.3. The smallest absolute Gasteiger partial charge is 0.0953 e. The molecule has 0 saturated heterocycles. The Hall–Kier alpha value is -7.04. The van der Waals surface area contributed by atoms with Gasteiger partial charge < -0.3 is 19.4 Å². The molecule has 8 aromatic carbocycles. The van der Waals surface area contributed by atoms with Crippen LogP contribution in [0.3, 0.4) is 0 Å². The molecule has 1 N–H and O–H groups in total. The van der Waals surface area contributed by atoms with E-state index in [0.29, 0.717) is 0 Å². The summed E-state index contributed by atoms with van der Waals surface area (Å²) in [6, 6.07) is 67.9. The van der Waals surface area contributed by atoms with Gasteiger partial charge in [0.15, 0.2) is 0 Å². The molecule has 0 saturated carbocycles. The van der Waals surface area contributed by atoms with Crippen LogP contribution in [0.4, 0.5) is 34.1 Å². The molecular weight excluding hydrogens is 633 g/mol. The zero-order valence-electron chi connectivity index (χ0n) is 28.2. The van der Waals surface area contributed by atoms with Gasteiger partial charge in [0, 0.05) is 44.1 Å². The van der Waals surface area contributed by atoms with Crippen LogP contribution in [-0.2, 0) is 0 Å². The van der Waals surface area contributed by atoms with Gasteiger partial charge in [-0.2, -0.15) is 0 Å². The van der Waals surface area contributed by atoms with E-state index in [9.17, 15) is 0 Å². The maximum atomic E-state index is 3.85. The third-order valence-corrected chi connectivity index (χ3v) is 10.6. The SMILES string of the molecule is c1ccc(-c2ccc(-n3c4ccccc4c4ccc5c(c43)N(c3ccccc3)c3ccc4c([nH]c6ccccc64)c3N5c3ccccc3)cc2)cc1. The average molecular weight is 665 g/mol. The van der Waals surface area contributed by atoms with E-state index in [2.05, 4.69) is 207 Å². The fraction of sp³-hybridized carbons (Fsp3) is 0. The standard InChI is InChI=1S/C48H32N4/c1-4-14-32(15-5-1)33-24-26-36(27-25-33)50-42-23-13-11-21-38(42)40-29-31-44-48(46(40)50)52(35-18-8-3-9-19-35)43-30-28-39-37-20-10-12-22-41(37)49-45(39)47(43)51(44)34-16-6-2-7-17-34/h1-31,49H. The van der Waals surface area contributed by atoms with Crippen LogP contribution < -0.4 is 9.80 Å². The Balaban J connectivity index is 1.28. The average Bonchev–Trinajstić information content (AvgIpc) is 3.77. The number of nitrogens with one attached hydrogen (secondary N) is 1. The Kier molecular flexibility index (Phi) is 6.22. The van der Waals surface area contributed by atoms with Gasteiger partial charge in [-0.3, -0.25) is 0 Å². The molecule has 3 heterocycles. The second-order valence-corrected chi connectivity index (χ2v) is 13.5. The minimum Gasteiger partial charge on any atom is -0.353 e. The third kappa shape index (κ3) is 4.15. The predicted octanol–water partition coefficient (Wildman–Crippen LogP) is 13.3. The second kappa shape index (κ2) is 11.2. The molecule has 2 aromatic heterocycles. The number of hydrogen-bond donors (Lipinski definition) is 1. The van der Waals surface area contributed by atoms with Crippen molar-refractivity contribution in [1.29, 1.82) is 0 Å². The molecule has 244 valence electrons. The Bertz CT molecular complexity index is 2940. The van der Waals surface area contributed by atoms with Gasteiger partial charge in [-0.05, 0) is 83.9 Å². The van der Waals surface area contributed by atoms with Gasteiger partial charge in [0.2, 0.25) is 0 Å². The van der Waals surface area contributed by atoms with Crippen LogP contribution in [-0.4, -0.2) is 9.55 Å². The predicted molar refractivity (Wildman–Crippen MR) is 219 cm³/mol. The summed E-state index contributed by atoms with van der Waals surface area (Å²) in [5, 5.41) is 4.87. The van der Waals surface area contributed by atoms with E-state index >= 15 is 0 Å². The topological polar surface area (TPSA) is 27.2 Å². The molecule has 0 fully saturated rings. The summed E-state index contributed by atoms with van der Waals surface area (Å²) in [4.78, 5) is 8.79. The summed E-state index contributed by atoms with van der Waals surface area (Å²) in [6.07, 6.45) is 0. The van der Waals surface area contributed by atoms with Crippen LogP contribution in [0.5, 0.6) is 0 Å². The zero-order valence-corrected chi connectivity index (χ0v) is 28.2. The number of aromatic amines is 1. The number of benzene rings is 8. The number of rotatable bonds is 4. The molecule has 4 nitrogen and oxygen atoms in total. The van der Waals surface area contributed by atoms with Crippen LogP contribution in [0.15, 0.2) is 188 Å². The fourth-order valence-electron chi connectivity index (χ4n) is 8.36. The molecule has 1 aliphatic heterocycles. The highest BCUT2D eigenvalue weighted by Crippen LogP contribution is 2.59. The van der Waals surface area contributed by atoms with E-state index in [1.165, 1.54) is 43.7 Å². The summed E-state index contributed by atoms with van der Waals surface area (Å²) in [5.41, 5.74) is 14.8. The maximum absolute atomic E-state index is 3.85. The monoisotopic (exact) mass is 664 g/mol. The van der Waals surface area contributed by atoms with Crippen LogP contribution in [0, 0.1) is 0 Å². The molecule has 4 heteroatoms. The molecule has 0 spiro atoms. The highest BCUT2D eigenvalue weighted by molar-refractivity contribution is 6.23. The first kappa shape index (κ1) is 28.8. The summed E-state index contributed by atoms with van der Waals surface area (Å²) in [6.45, 7) is 0. The van der Waals surface area contributed by atoms with Crippen LogP contribution >= 0.6 is 0 Å². The van der Waals surface area contributed by atoms with Gasteiger partial charge in [0.25, 0.3) is 0 Å². The molecule has 1 aliphatic rings. The normalized spacial score (nSPS) is 12.5. The largest absolute Gasteiger partial charge is 0.353 e. The minimum atomic E-state index is 1.11. The number of hydrogen-bond acceptors (Lipinski definition) is 2. The molecule has 0 unspecified atom stereocenters. The number of aromatic nitrogens is 2. The number of fused-ring (bicyclic) bond motifs is 10. The van der Waals surface area contributed by atoms with Crippen molar-refractivity contribution >= 4 is 77.7 Å². The Labute approximate surface area is 301 Å². The van der Waals surface area contributed by atoms with E-state index in [0.717, 1.165) is 50.8 Å². The Morgan fingerprint density at radius 2 is 0.885 bits per heavy atom. The van der Waals surface area contributed by atoms with Crippen LogP contribution in [0.1, 0.15) is 0 Å². The van der Waals surface area contributed by atoms with Crippen LogP contribution in [0.2, 0.25) is 0 Å². The van der Waals surface area contributed by atoms with Gasteiger partial charge in [0.05, 0.1) is 39.3 Å². The van der Waals surface area contributed by atoms with Gasteiger partial charge in [-0.1, -0.05) is 115 Å². The van der Waals surface area contributed by atoms with E-state index in [-0.39, 0.29) is 0 Å². The van der Waals surface area contributed by atoms with Crippen LogP contribution in [0.25, 0.3) is 60.4 Å². The first-order valence-electron chi connectivity index (χ1n) is 17.8. The number of nitrogens with zero attached hydrogens (tertiary/aromatic N) is 3. The first-order chi connectivity index (χ1) is 25.8. The lowest BCUT2D eigenvalue weighted by atomic mass is 10.00. The minimum absolute atomic E-state index is 1.11. The molecule has 10 aromatic rings. The van der Waals surface area contributed by atoms with Crippen molar-refractivity contribution in [2.75, 3.05) is 9.80 Å². The van der Waals surface area contributed by atoms with E-state index in [1.54, 1.807) is 0 Å². The number of anilines is 6. The summed E-state index contributed by atoms with van der Waals surface area (Å²) >= 11 is 0. The maximum Gasteiger partial charge on any atom is 0.0953 e. The van der Waals surface area contributed by atoms with Crippen molar-refractivity contribution in [2.24, 2.45) is 0 Å². The lowest BCUT2D eigenvalue weighted by Gasteiger charge is -2.41. The highest BCUT2D eigenvalue weighted by Gasteiger charge is 2.36. The summed E-state index contributed by atoms with van der Waals surface area (Å²) in [5.74, 6) is 0. The molecule has 52 heavy (non-hydrogen) atoms. The number of H-pyrrole nitrogens is 1. The molecular formula is C48H32N4. The van der Waals surface area contributed by atoms with E-state index < -0.39 is 0 Å². The summed E-state index contributed by atoms with van der Waals surface area (Å²) in [7, 11) is 0. The second-order valence-electron chi connectivity index (χ2n) is 13.5. The van der Waals surface area contributed by atoms with Gasteiger partial charge in [-0.25, -0.2) is 0 Å².